The van der Waals surface area contributed by atoms with E-state index in [2.05, 4.69) is 6.07 Å². The van der Waals surface area contributed by atoms with E-state index < -0.39 is 5.97 Å². The number of thiophene rings is 1. The first kappa shape index (κ1) is 13.1. The number of hydrogen-bond acceptors (Lipinski definition) is 4. The van der Waals surface area contributed by atoms with Gasteiger partial charge in [-0.3, -0.25) is 0 Å². The van der Waals surface area contributed by atoms with E-state index in [1.165, 1.54) is 11.3 Å². The van der Waals surface area contributed by atoms with Gasteiger partial charge in [0.05, 0.1) is 18.2 Å². The van der Waals surface area contributed by atoms with Gasteiger partial charge in [0.1, 0.15) is 4.88 Å². The summed E-state index contributed by atoms with van der Waals surface area (Å²) in [6.07, 6.45) is 0. The molecule has 0 bridgehead atoms. The van der Waals surface area contributed by atoms with Crippen molar-refractivity contribution in [3.63, 3.8) is 0 Å². The third-order valence-corrected chi connectivity index (χ3v) is 3.76. The van der Waals surface area contributed by atoms with Gasteiger partial charge in [0.15, 0.2) is 0 Å². The van der Waals surface area contributed by atoms with Crippen LogP contribution in [0.5, 0.6) is 0 Å². The highest BCUT2D eigenvalue weighted by Gasteiger charge is 2.09. The number of benzene rings is 1. The Morgan fingerprint density at radius 1 is 1.32 bits per heavy atom. The van der Waals surface area contributed by atoms with E-state index in [4.69, 9.17) is 10.4 Å². The Morgan fingerprint density at radius 3 is 2.53 bits per heavy atom. The maximum Gasteiger partial charge on any atom is 0.345 e. The molecule has 0 aliphatic carbocycles. The average Bonchev–Trinajstić information content (AvgIpc) is 2.87. The van der Waals surface area contributed by atoms with Crippen LogP contribution in [0.2, 0.25) is 0 Å². The summed E-state index contributed by atoms with van der Waals surface area (Å²) in [4.78, 5) is 14.2. The zero-order valence-electron chi connectivity index (χ0n) is 10.3. The Bertz CT molecular complexity index is 626. The summed E-state index contributed by atoms with van der Waals surface area (Å²) >= 11 is 1.28. The van der Waals surface area contributed by atoms with Crippen LogP contribution >= 0.6 is 11.3 Å². The Kier molecular flexibility index (Phi) is 3.83. The average molecular weight is 272 g/mol. The molecule has 19 heavy (non-hydrogen) atoms. The fraction of sp³-hybridized carbons (Fsp3) is 0.143. The van der Waals surface area contributed by atoms with Crippen molar-refractivity contribution in [2.45, 2.75) is 6.54 Å². The van der Waals surface area contributed by atoms with Crippen molar-refractivity contribution in [1.82, 2.24) is 0 Å². The van der Waals surface area contributed by atoms with Gasteiger partial charge in [0.2, 0.25) is 0 Å². The Morgan fingerprint density at radius 2 is 2.00 bits per heavy atom. The molecule has 0 saturated carbocycles. The van der Waals surface area contributed by atoms with Gasteiger partial charge < -0.3 is 10.0 Å². The van der Waals surface area contributed by atoms with Gasteiger partial charge in [-0.05, 0) is 36.4 Å². The Labute approximate surface area is 115 Å². The molecule has 0 unspecified atom stereocenters. The van der Waals surface area contributed by atoms with Gasteiger partial charge in [-0.25, -0.2) is 4.79 Å². The fourth-order valence-electron chi connectivity index (χ4n) is 1.69. The van der Waals surface area contributed by atoms with Gasteiger partial charge in [0, 0.05) is 17.6 Å². The highest BCUT2D eigenvalue weighted by molar-refractivity contribution is 7.13. The molecule has 2 aromatic rings. The second-order valence-electron chi connectivity index (χ2n) is 4.09. The number of aromatic carboxylic acids is 1. The minimum atomic E-state index is -0.891. The van der Waals surface area contributed by atoms with Crippen LogP contribution in [0, 0.1) is 11.3 Å². The van der Waals surface area contributed by atoms with Crippen LogP contribution in [0.25, 0.3) is 0 Å². The van der Waals surface area contributed by atoms with E-state index in [-0.39, 0.29) is 0 Å². The molecule has 0 aliphatic rings. The van der Waals surface area contributed by atoms with Gasteiger partial charge >= 0.3 is 5.97 Å². The van der Waals surface area contributed by atoms with Crippen LogP contribution < -0.4 is 4.90 Å². The van der Waals surface area contributed by atoms with Crippen molar-refractivity contribution < 1.29 is 9.90 Å². The molecule has 1 heterocycles. The van der Waals surface area contributed by atoms with Crippen molar-refractivity contribution in [3.8, 4) is 6.07 Å². The van der Waals surface area contributed by atoms with Crippen LogP contribution in [-0.2, 0) is 6.54 Å². The van der Waals surface area contributed by atoms with Gasteiger partial charge in [0.25, 0.3) is 0 Å². The predicted molar refractivity (Wildman–Crippen MR) is 74.5 cm³/mol. The molecular weight excluding hydrogens is 260 g/mol. The van der Waals surface area contributed by atoms with Crippen molar-refractivity contribution in [1.29, 1.82) is 5.26 Å². The van der Waals surface area contributed by atoms with Crippen molar-refractivity contribution in [3.05, 3.63) is 51.7 Å². The molecule has 2 rings (SSSR count). The number of hydrogen-bond donors (Lipinski definition) is 1. The summed E-state index contributed by atoms with van der Waals surface area (Å²) in [6.45, 7) is 0.643. The zero-order chi connectivity index (χ0) is 13.8. The van der Waals surface area contributed by atoms with Crippen molar-refractivity contribution in [2.75, 3.05) is 11.9 Å². The Hall–Kier alpha value is -2.32. The molecule has 0 fully saturated rings. The molecule has 4 nitrogen and oxygen atoms in total. The normalized spacial score (nSPS) is 9.89. The number of nitrogens with zero attached hydrogens (tertiary/aromatic N) is 2. The van der Waals surface area contributed by atoms with E-state index in [0.29, 0.717) is 17.0 Å². The second-order valence-corrected chi connectivity index (χ2v) is 5.25. The molecule has 0 saturated heterocycles. The lowest BCUT2D eigenvalue weighted by molar-refractivity contribution is 0.0702. The van der Waals surface area contributed by atoms with Crippen LogP contribution in [0.15, 0.2) is 36.4 Å². The van der Waals surface area contributed by atoms with E-state index >= 15 is 0 Å². The van der Waals surface area contributed by atoms with Crippen LogP contribution in [-0.4, -0.2) is 18.1 Å². The summed E-state index contributed by atoms with van der Waals surface area (Å²) < 4.78 is 0. The third-order valence-electron chi connectivity index (χ3n) is 2.70. The lowest BCUT2D eigenvalue weighted by Crippen LogP contribution is -2.15. The van der Waals surface area contributed by atoms with E-state index in [1.54, 1.807) is 18.2 Å². The topological polar surface area (TPSA) is 64.3 Å². The lowest BCUT2D eigenvalue weighted by atomic mass is 10.2. The molecule has 0 atom stereocenters. The number of rotatable bonds is 4. The lowest BCUT2D eigenvalue weighted by Gasteiger charge is -2.18. The molecule has 0 radical (unpaired) electrons. The largest absolute Gasteiger partial charge is 0.477 e. The summed E-state index contributed by atoms with van der Waals surface area (Å²) in [7, 11) is 1.93. The smallest absolute Gasteiger partial charge is 0.345 e. The summed E-state index contributed by atoms with van der Waals surface area (Å²) in [5.74, 6) is -0.891. The maximum atomic E-state index is 10.8. The highest BCUT2D eigenvalue weighted by atomic mass is 32.1. The van der Waals surface area contributed by atoms with Crippen molar-refractivity contribution in [2.24, 2.45) is 0 Å². The fourth-order valence-corrected chi connectivity index (χ4v) is 2.59. The molecule has 5 heteroatoms. The first-order valence-electron chi connectivity index (χ1n) is 5.63. The van der Waals surface area contributed by atoms with E-state index in [9.17, 15) is 4.79 Å². The second kappa shape index (κ2) is 5.55. The molecule has 0 amide bonds. The molecule has 1 aromatic heterocycles. The maximum absolute atomic E-state index is 10.8. The zero-order valence-corrected chi connectivity index (χ0v) is 11.1. The van der Waals surface area contributed by atoms with Gasteiger partial charge in [-0.1, -0.05) is 0 Å². The first-order chi connectivity index (χ1) is 9.10. The Balaban J connectivity index is 2.09. The number of anilines is 1. The first-order valence-corrected chi connectivity index (χ1v) is 6.45. The highest BCUT2D eigenvalue weighted by Crippen LogP contribution is 2.21. The van der Waals surface area contributed by atoms with Crippen LogP contribution in [0.4, 0.5) is 5.69 Å². The molecule has 1 aromatic carbocycles. The standard InChI is InChI=1S/C14H12N2O2S/c1-16(11-4-2-10(8-15)3-5-11)9-12-6-7-13(19-12)14(17)18/h2-7H,9H2,1H3,(H,17,18). The van der Waals surface area contributed by atoms with E-state index in [1.807, 2.05) is 30.1 Å². The quantitative estimate of drug-likeness (QED) is 0.929. The summed E-state index contributed by atoms with van der Waals surface area (Å²) in [6, 6.07) is 12.8. The molecular formula is C14H12N2O2S. The number of carboxylic acid groups (broad SMARTS) is 1. The molecule has 0 aliphatic heterocycles. The minimum Gasteiger partial charge on any atom is -0.477 e. The number of carboxylic acids is 1. The molecule has 1 N–H and O–H groups in total. The van der Waals surface area contributed by atoms with Crippen LogP contribution in [0.1, 0.15) is 20.1 Å². The van der Waals surface area contributed by atoms with Crippen molar-refractivity contribution >= 4 is 23.0 Å². The predicted octanol–water partition coefficient (Wildman–Crippen LogP) is 2.95. The van der Waals surface area contributed by atoms with Crippen LogP contribution in [0.3, 0.4) is 0 Å². The van der Waals surface area contributed by atoms with Gasteiger partial charge in [-0.2, -0.15) is 5.26 Å². The van der Waals surface area contributed by atoms with Gasteiger partial charge in [-0.15, -0.1) is 11.3 Å². The SMILES string of the molecule is CN(Cc1ccc(C(=O)O)s1)c1ccc(C#N)cc1. The summed E-state index contributed by atoms with van der Waals surface area (Å²) in [5.41, 5.74) is 1.62. The number of carbonyl (C=O) groups is 1. The monoisotopic (exact) mass is 272 g/mol. The van der Waals surface area contributed by atoms with E-state index in [0.717, 1.165) is 10.6 Å². The minimum absolute atomic E-state index is 0.350. The molecule has 0 spiro atoms. The summed E-state index contributed by atoms with van der Waals surface area (Å²) in [5, 5.41) is 17.6. The molecule has 96 valence electrons. The number of nitriles is 1. The third kappa shape index (κ3) is 3.12.